The molecule has 2 rings (SSSR count). The molecule has 1 aliphatic heterocycles. The van der Waals surface area contributed by atoms with E-state index in [-0.39, 0.29) is 0 Å². The molecule has 0 aromatic rings. The zero-order chi connectivity index (χ0) is 12.1. The number of nitrogens with zero attached hydrogens (tertiary/aromatic N) is 1. The Kier molecular flexibility index (Phi) is 4.83. The minimum atomic E-state index is 0.427. The van der Waals surface area contributed by atoms with E-state index < -0.39 is 0 Å². The van der Waals surface area contributed by atoms with Gasteiger partial charge >= 0.3 is 0 Å². The second-order valence-electron chi connectivity index (χ2n) is 5.80. The molecular weight excluding hydrogens is 212 g/mol. The van der Waals surface area contributed by atoms with Crippen molar-refractivity contribution in [1.29, 1.82) is 0 Å². The molecule has 0 spiro atoms. The maximum Gasteiger partial charge on any atom is 0.0619 e. The Labute approximate surface area is 106 Å². The lowest BCUT2D eigenvalue weighted by Crippen LogP contribution is -2.50. The monoisotopic (exact) mass is 240 g/mol. The molecule has 1 saturated carbocycles. The van der Waals surface area contributed by atoms with Gasteiger partial charge in [0.05, 0.1) is 13.2 Å². The average molecular weight is 240 g/mol. The van der Waals surface area contributed by atoms with Crippen LogP contribution in [0.3, 0.4) is 0 Å². The van der Waals surface area contributed by atoms with E-state index in [9.17, 15) is 0 Å². The number of rotatable bonds is 4. The molecule has 0 radical (unpaired) electrons. The van der Waals surface area contributed by atoms with Crippen molar-refractivity contribution in [1.82, 2.24) is 10.2 Å². The first-order valence-electron chi connectivity index (χ1n) is 7.26. The summed E-state index contributed by atoms with van der Waals surface area (Å²) >= 11 is 0. The van der Waals surface area contributed by atoms with E-state index in [1.54, 1.807) is 0 Å². The normalized spacial score (nSPS) is 30.4. The molecule has 3 nitrogen and oxygen atoms in total. The topological polar surface area (TPSA) is 24.5 Å². The molecule has 1 aliphatic carbocycles. The third kappa shape index (κ3) is 3.43. The minimum Gasteiger partial charge on any atom is -0.379 e. The number of hydrogen-bond donors (Lipinski definition) is 1. The fraction of sp³-hybridized carbons (Fsp3) is 1.00. The van der Waals surface area contributed by atoms with E-state index >= 15 is 0 Å². The molecule has 1 atom stereocenters. The summed E-state index contributed by atoms with van der Waals surface area (Å²) in [5, 5.41) is 3.61. The van der Waals surface area contributed by atoms with Gasteiger partial charge in [0.2, 0.25) is 0 Å². The van der Waals surface area contributed by atoms with Crippen molar-refractivity contribution in [3.8, 4) is 0 Å². The molecule has 0 aromatic heterocycles. The first-order chi connectivity index (χ1) is 8.26. The Morgan fingerprint density at radius 2 is 2.06 bits per heavy atom. The minimum absolute atomic E-state index is 0.427. The molecule has 1 unspecified atom stereocenters. The molecule has 2 aliphatic rings. The summed E-state index contributed by atoms with van der Waals surface area (Å²) in [5.41, 5.74) is 0.427. The maximum absolute atomic E-state index is 5.50. The van der Waals surface area contributed by atoms with Gasteiger partial charge in [0.1, 0.15) is 0 Å². The van der Waals surface area contributed by atoms with E-state index in [4.69, 9.17) is 4.74 Å². The van der Waals surface area contributed by atoms with E-state index in [1.165, 1.54) is 45.1 Å². The fourth-order valence-electron chi connectivity index (χ4n) is 3.30. The maximum atomic E-state index is 5.50. The summed E-state index contributed by atoms with van der Waals surface area (Å²) in [5.74, 6) is 0. The lowest BCUT2D eigenvalue weighted by atomic mass is 9.79. The van der Waals surface area contributed by atoms with Crippen LogP contribution in [0.2, 0.25) is 0 Å². The Balaban J connectivity index is 1.82. The lowest BCUT2D eigenvalue weighted by Gasteiger charge is -2.41. The van der Waals surface area contributed by atoms with Gasteiger partial charge in [-0.3, -0.25) is 4.90 Å². The van der Waals surface area contributed by atoms with E-state index in [0.29, 0.717) is 11.6 Å². The highest BCUT2D eigenvalue weighted by Crippen LogP contribution is 2.31. The molecule has 100 valence electrons. The van der Waals surface area contributed by atoms with Gasteiger partial charge in [0.15, 0.2) is 0 Å². The van der Waals surface area contributed by atoms with Gasteiger partial charge in [-0.05, 0) is 33.2 Å². The highest BCUT2D eigenvalue weighted by Gasteiger charge is 2.31. The molecule has 0 aromatic carbocycles. The first-order valence-corrected chi connectivity index (χ1v) is 7.26. The van der Waals surface area contributed by atoms with Crippen molar-refractivity contribution in [2.45, 2.75) is 57.0 Å². The quantitative estimate of drug-likeness (QED) is 0.813. The second kappa shape index (κ2) is 6.17. The van der Waals surface area contributed by atoms with Crippen molar-refractivity contribution in [2.24, 2.45) is 0 Å². The van der Waals surface area contributed by atoms with Crippen LogP contribution >= 0.6 is 0 Å². The number of nitrogens with one attached hydrogen (secondary N) is 1. The van der Waals surface area contributed by atoms with Crippen molar-refractivity contribution in [3.63, 3.8) is 0 Å². The smallest absolute Gasteiger partial charge is 0.0619 e. The molecule has 0 bridgehead atoms. The van der Waals surface area contributed by atoms with Gasteiger partial charge < -0.3 is 10.1 Å². The molecule has 1 N–H and O–H groups in total. The predicted molar refractivity (Wildman–Crippen MR) is 71.3 cm³/mol. The van der Waals surface area contributed by atoms with Gasteiger partial charge in [-0.25, -0.2) is 0 Å². The van der Waals surface area contributed by atoms with Crippen LogP contribution in [0.15, 0.2) is 0 Å². The second-order valence-corrected chi connectivity index (χ2v) is 5.80. The van der Waals surface area contributed by atoms with Crippen LogP contribution in [0.5, 0.6) is 0 Å². The average Bonchev–Trinajstić information content (AvgIpc) is 2.39. The Morgan fingerprint density at radius 3 is 2.71 bits per heavy atom. The largest absolute Gasteiger partial charge is 0.379 e. The van der Waals surface area contributed by atoms with Crippen LogP contribution in [-0.2, 0) is 4.74 Å². The fourth-order valence-corrected chi connectivity index (χ4v) is 3.30. The Hall–Kier alpha value is -0.120. The zero-order valence-electron chi connectivity index (χ0n) is 11.5. The number of ether oxygens (including phenoxy) is 1. The Morgan fingerprint density at radius 1 is 1.29 bits per heavy atom. The van der Waals surface area contributed by atoms with Gasteiger partial charge in [-0.15, -0.1) is 0 Å². The van der Waals surface area contributed by atoms with Crippen LogP contribution in [0.1, 0.15) is 45.4 Å². The van der Waals surface area contributed by atoms with Crippen LogP contribution in [0.4, 0.5) is 0 Å². The number of hydrogen-bond acceptors (Lipinski definition) is 3. The van der Waals surface area contributed by atoms with E-state index in [1.807, 2.05) is 0 Å². The van der Waals surface area contributed by atoms with Gasteiger partial charge in [0, 0.05) is 24.7 Å². The van der Waals surface area contributed by atoms with Crippen LogP contribution in [0.25, 0.3) is 0 Å². The first kappa shape index (κ1) is 13.3. The predicted octanol–water partition coefficient (Wildman–Crippen LogP) is 2.02. The Bertz CT molecular complexity index is 226. The standard InChI is InChI=1S/C14H28N2O/c1-13-12-17-11-10-16(13)9-8-14(15-2)6-4-3-5-7-14/h13,15H,3-12H2,1-2H3. The molecule has 1 heterocycles. The van der Waals surface area contributed by atoms with Crippen molar-refractivity contribution >= 4 is 0 Å². The summed E-state index contributed by atoms with van der Waals surface area (Å²) in [6.45, 7) is 6.45. The van der Waals surface area contributed by atoms with Gasteiger partial charge in [0.25, 0.3) is 0 Å². The summed E-state index contributed by atoms with van der Waals surface area (Å²) in [6.07, 6.45) is 8.26. The van der Waals surface area contributed by atoms with Crippen molar-refractivity contribution in [2.75, 3.05) is 33.4 Å². The van der Waals surface area contributed by atoms with Gasteiger partial charge in [-0.1, -0.05) is 19.3 Å². The summed E-state index contributed by atoms with van der Waals surface area (Å²) in [4.78, 5) is 2.59. The molecule has 2 fully saturated rings. The molecule has 0 amide bonds. The van der Waals surface area contributed by atoms with Crippen LogP contribution < -0.4 is 5.32 Å². The van der Waals surface area contributed by atoms with Crippen LogP contribution in [0, 0.1) is 0 Å². The summed E-state index contributed by atoms with van der Waals surface area (Å²) < 4.78 is 5.50. The van der Waals surface area contributed by atoms with E-state index in [0.717, 1.165) is 19.8 Å². The molecular formula is C14H28N2O. The summed E-state index contributed by atoms with van der Waals surface area (Å²) in [7, 11) is 2.15. The van der Waals surface area contributed by atoms with Crippen LogP contribution in [-0.4, -0.2) is 49.8 Å². The number of morpholine rings is 1. The third-order valence-electron chi connectivity index (χ3n) is 4.72. The molecule has 1 saturated heterocycles. The molecule has 17 heavy (non-hydrogen) atoms. The highest BCUT2D eigenvalue weighted by atomic mass is 16.5. The molecule has 3 heteroatoms. The van der Waals surface area contributed by atoms with Crippen molar-refractivity contribution in [3.05, 3.63) is 0 Å². The lowest BCUT2D eigenvalue weighted by molar-refractivity contribution is -0.00524. The zero-order valence-corrected chi connectivity index (χ0v) is 11.5. The SMILES string of the molecule is CNC1(CCN2CCOCC2C)CCCCC1. The summed E-state index contributed by atoms with van der Waals surface area (Å²) in [6, 6.07) is 0.598. The van der Waals surface area contributed by atoms with E-state index in [2.05, 4.69) is 24.2 Å². The van der Waals surface area contributed by atoms with Gasteiger partial charge in [-0.2, -0.15) is 0 Å². The third-order valence-corrected chi connectivity index (χ3v) is 4.72. The van der Waals surface area contributed by atoms with Crippen molar-refractivity contribution < 1.29 is 4.74 Å². The highest BCUT2D eigenvalue weighted by molar-refractivity contribution is 4.91.